The second-order valence-electron chi connectivity index (χ2n) is 3.80. The topological polar surface area (TPSA) is 52.5 Å². The van der Waals surface area contributed by atoms with Crippen molar-refractivity contribution in [3.63, 3.8) is 0 Å². The average molecular weight is 267 g/mol. The van der Waals surface area contributed by atoms with E-state index in [0.29, 0.717) is 6.07 Å². The summed E-state index contributed by atoms with van der Waals surface area (Å²) in [5.41, 5.74) is -1.84. The number of benzene rings is 1. The Morgan fingerprint density at radius 3 is 2.39 bits per heavy atom. The van der Waals surface area contributed by atoms with Crippen molar-refractivity contribution in [1.82, 2.24) is 5.32 Å². The molecule has 102 valence electrons. The number of rotatable bonds is 4. The summed E-state index contributed by atoms with van der Waals surface area (Å²) in [6.07, 6.45) is -7.95. The van der Waals surface area contributed by atoms with Crippen molar-refractivity contribution in [2.75, 3.05) is 13.6 Å². The first-order valence-corrected chi connectivity index (χ1v) is 5.14. The van der Waals surface area contributed by atoms with E-state index in [0.717, 1.165) is 12.1 Å². The zero-order valence-electron chi connectivity index (χ0n) is 9.50. The van der Waals surface area contributed by atoms with Crippen LogP contribution in [0.15, 0.2) is 18.2 Å². The number of aliphatic hydroxyl groups excluding tert-OH is 2. The summed E-state index contributed by atoms with van der Waals surface area (Å²) < 4.78 is 50.8. The number of halogens is 4. The molecule has 0 radical (unpaired) electrons. The minimum Gasteiger partial charge on any atom is -0.389 e. The van der Waals surface area contributed by atoms with Crippen LogP contribution in [0.25, 0.3) is 0 Å². The van der Waals surface area contributed by atoms with Gasteiger partial charge >= 0.3 is 6.18 Å². The SMILES string of the molecule is CNCC(O)C(O)c1ccc(F)cc1C(F)(F)F. The van der Waals surface area contributed by atoms with Crippen molar-refractivity contribution < 1.29 is 27.8 Å². The van der Waals surface area contributed by atoms with Gasteiger partial charge in [-0.25, -0.2) is 4.39 Å². The van der Waals surface area contributed by atoms with Crippen LogP contribution in [0.1, 0.15) is 17.2 Å². The van der Waals surface area contributed by atoms with Gasteiger partial charge in [0.05, 0.1) is 11.7 Å². The van der Waals surface area contributed by atoms with E-state index >= 15 is 0 Å². The Balaban J connectivity index is 3.15. The molecular formula is C11H13F4NO2. The zero-order chi connectivity index (χ0) is 13.9. The third-order valence-corrected chi connectivity index (χ3v) is 2.42. The molecule has 0 spiro atoms. The van der Waals surface area contributed by atoms with Gasteiger partial charge < -0.3 is 15.5 Å². The fraction of sp³-hybridized carbons (Fsp3) is 0.455. The summed E-state index contributed by atoms with van der Waals surface area (Å²) in [7, 11) is 1.48. The lowest BCUT2D eigenvalue weighted by Gasteiger charge is -2.21. The standard InChI is InChI=1S/C11H13F4NO2/c1-16-5-9(17)10(18)7-3-2-6(12)4-8(7)11(13,14)15/h2-4,9-10,16-18H,5H2,1H3. The predicted octanol–water partition coefficient (Wildman–Crippen LogP) is 1.46. The molecule has 3 nitrogen and oxygen atoms in total. The van der Waals surface area contributed by atoms with E-state index in [1.165, 1.54) is 7.05 Å². The monoisotopic (exact) mass is 267 g/mol. The zero-order valence-corrected chi connectivity index (χ0v) is 9.50. The van der Waals surface area contributed by atoms with Gasteiger partial charge in [0.15, 0.2) is 0 Å². The Morgan fingerprint density at radius 1 is 1.28 bits per heavy atom. The highest BCUT2D eigenvalue weighted by Gasteiger charge is 2.36. The molecule has 0 aliphatic rings. The molecule has 7 heteroatoms. The molecule has 0 aromatic heterocycles. The summed E-state index contributed by atoms with van der Waals surface area (Å²) in [4.78, 5) is 0. The second-order valence-corrected chi connectivity index (χ2v) is 3.80. The highest BCUT2D eigenvalue weighted by molar-refractivity contribution is 5.32. The van der Waals surface area contributed by atoms with Gasteiger partial charge in [-0.1, -0.05) is 6.07 Å². The van der Waals surface area contributed by atoms with Gasteiger partial charge in [-0.05, 0) is 24.7 Å². The molecule has 0 saturated carbocycles. The van der Waals surface area contributed by atoms with Crippen LogP contribution in [0.3, 0.4) is 0 Å². The van der Waals surface area contributed by atoms with Crippen LogP contribution in [-0.2, 0) is 6.18 Å². The van der Waals surface area contributed by atoms with Crippen molar-refractivity contribution in [1.29, 1.82) is 0 Å². The quantitative estimate of drug-likeness (QED) is 0.724. The van der Waals surface area contributed by atoms with Crippen LogP contribution >= 0.6 is 0 Å². The maximum absolute atomic E-state index is 12.8. The molecule has 0 saturated heterocycles. The Kier molecular flexibility index (Phi) is 4.66. The highest BCUT2D eigenvalue weighted by Crippen LogP contribution is 2.35. The van der Waals surface area contributed by atoms with Crippen molar-refractivity contribution >= 4 is 0 Å². The van der Waals surface area contributed by atoms with E-state index < -0.39 is 35.3 Å². The lowest BCUT2D eigenvalue weighted by molar-refractivity contribution is -0.140. The van der Waals surface area contributed by atoms with Crippen LogP contribution < -0.4 is 5.32 Å². The number of hydrogen-bond donors (Lipinski definition) is 3. The van der Waals surface area contributed by atoms with Gasteiger partial charge in [-0.15, -0.1) is 0 Å². The van der Waals surface area contributed by atoms with Crippen molar-refractivity contribution in [2.45, 2.75) is 18.4 Å². The molecule has 0 bridgehead atoms. The van der Waals surface area contributed by atoms with E-state index in [4.69, 9.17) is 0 Å². The minimum atomic E-state index is -4.79. The van der Waals surface area contributed by atoms with Gasteiger partial charge in [0.1, 0.15) is 11.9 Å². The molecule has 2 atom stereocenters. The summed E-state index contributed by atoms with van der Waals surface area (Å²) in [5.74, 6) is -1.05. The summed E-state index contributed by atoms with van der Waals surface area (Å²) in [5, 5.41) is 21.6. The van der Waals surface area contributed by atoms with Crippen LogP contribution in [0.2, 0.25) is 0 Å². The Labute approximate surface area is 101 Å². The fourth-order valence-electron chi connectivity index (χ4n) is 1.56. The maximum atomic E-state index is 12.8. The van der Waals surface area contributed by atoms with Crippen LogP contribution in [0, 0.1) is 5.82 Å². The molecule has 0 aliphatic heterocycles. The number of alkyl halides is 3. The van der Waals surface area contributed by atoms with Crippen LogP contribution in [-0.4, -0.2) is 29.9 Å². The van der Waals surface area contributed by atoms with E-state index in [2.05, 4.69) is 5.32 Å². The molecule has 3 N–H and O–H groups in total. The first kappa shape index (κ1) is 14.9. The maximum Gasteiger partial charge on any atom is 0.416 e. The molecule has 2 unspecified atom stereocenters. The molecular weight excluding hydrogens is 254 g/mol. The normalized spacial score (nSPS) is 15.5. The number of aliphatic hydroxyl groups is 2. The Bertz CT molecular complexity index is 409. The first-order valence-electron chi connectivity index (χ1n) is 5.14. The number of hydrogen-bond acceptors (Lipinski definition) is 3. The first-order chi connectivity index (χ1) is 8.27. The van der Waals surface area contributed by atoms with Crippen LogP contribution in [0.5, 0.6) is 0 Å². The molecule has 1 rings (SSSR count). The van der Waals surface area contributed by atoms with E-state index in [1.807, 2.05) is 0 Å². The second kappa shape index (κ2) is 5.64. The van der Waals surface area contributed by atoms with E-state index in [9.17, 15) is 27.8 Å². The van der Waals surface area contributed by atoms with Gasteiger partial charge in [-0.2, -0.15) is 13.2 Å². The molecule has 0 heterocycles. The average Bonchev–Trinajstić information content (AvgIpc) is 2.27. The molecule has 1 aromatic rings. The molecule has 1 aromatic carbocycles. The Hall–Kier alpha value is -1.18. The minimum absolute atomic E-state index is 0.0875. The molecule has 18 heavy (non-hydrogen) atoms. The molecule has 0 fully saturated rings. The van der Waals surface area contributed by atoms with E-state index in [-0.39, 0.29) is 6.54 Å². The largest absolute Gasteiger partial charge is 0.416 e. The van der Waals surface area contributed by atoms with Crippen molar-refractivity contribution in [3.05, 3.63) is 35.1 Å². The number of likely N-dealkylation sites (N-methyl/N-ethyl adjacent to an activating group) is 1. The molecule has 0 amide bonds. The van der Waals surface area contributed by atoms with Gasteiger partial charge in [0.25, 0.3) is 0 Å². The van der Waals surface area contributed by atoms with Gasteiger partial charge in [0.2, 0.25) is 0 Å². The lowest BCUT2D eigenvalue weighted by atomic mass is 9.98. The number of nitrogens with one attached hydrogen (secondary N) is 1. The van der Waals surface area contributed by atoms with Crippen LogP contribution in [0.4, 0.5) is 17.6 Å². The third-order valence-electron chi connectivity index (χ3n) is 2.42. The smallest absolute Gasteiger partial charge is 0.389 e. The predicted molar refractivity (Wildman–Crippen MR) is 56.3 cm³/mol. The highest BCUT2D eigenvalue weighted by atomic mass is 19.4. The summed E-state index contributed by atoms with van der Waals surface area (Å²) in [6.45, 7) is -0.0875. The van der Waals surface area contributed by atoms with Gasteiger partial charge in [0, 0.05) is 6.54 Å². The fourth-order valence-corrected chi connectivity index (χ4v) is 1.56. The van der Waals surface area contributed by atoms with Gasteiger partial charge in [-0.3, -0.25) is 0 Å². The van der Waals surface area contributed by atoms with Crippen molar-refractivity contribution in [3.8, 4) is 0 Å². The van der Waals surface area contributed by atoms with Crippen molar-refractivity contribution in [2.24, 2.45) is 0 Å². The third kappa shape index (κ3) is 3.41. The summed E-state index contributed by atoms with van der Waals surface area (Å²) >= 11 is 0. The van der Waals surface area contributed by atoms with E-state index in [1.54, 1.807) is 0 Å². The summed E-state index contributed by atoms with van der Waals surface area (Å²) in [6, 6.07) is 1.92. The molecule has 0 aliphatic carbocycles. The lowest BCUT2D eigenvalue weighted by Crippen LogP contribution is -2.30. The Morgan fingerprint density at radius 2 is 1.89 bits per heavy atom.